The molecule has 2 aromatic heterocycles. The molecule has 0 radical (unpaired) electrons. The zero-order valence-corrected chi connectivity index (χ0v) is 12.3. The molecular formula is C17H16N2O3. The fourth-order valence-electron chi connectivity index (χ4n) is 2.92. The normalized spacial score (nSPS) is 13.3. The Morgan fingerprint density at radius 2 is 2.23 bits per heavy atom. The van der Waals surface area contributed by atoms with Crippen LogP contribution in [0.15, 0.2) is 39.5 Å². The van der Waals surface area contributed by atoms with Gasteiger partial charge in [-0.3, -0.25) is 0 Å². The molecule has 1 aromatic carbocycles. The molecule has 5 heteroatoms. The molecule has 0 spiro atoms. The number of hydrogen-bond donors (Lipinski definition) is 0. The summed E-state index contributed by atoms with van der Waals surface area (Å²) >= 11 is 0. The minimum Gasteiger partial charge on any atom is -0.497 e. The molecule has 0 saturated heterocycles. The van der Waals surface area contributed by atoms with Crippen LogP contribution in [-0.2, 0) is 19.3 Å². The monoisotopic (exact) mass is 296 g/mol. The number of aryl methyl sites for hydroxylation is 1. The number of hydrogen-bond acceptors (Lipinski definition) is 5. The predicted molar refractivity (Wildman–Crippen MR) is 79.8 cm³/mol. The molecule has 0 amide bonds. The van der Waals surface area contributed by atoms with Crippen molar-refractivity contribution in [3.8, 4) is 17.4 Å². The molecule has 112 valence electrons. The number of methoxy groups -OCH3 is 1. The van der Waals surface area contributed by atoms with Gasteiger partial charge in [-0.2, -0.15) is 4.98 Å². The van der Waals surface area contributed by atoms with Gasteiger partial charge in [0.25, 0.3) is 5.89 Å². The van der Waals surface area contributed by atoms with E-state index < -0.39 is 0 Å². The van der Waals surface area contributed by atoms with Gasteiger partial charge in [0.05, 0.1) is 13.4 Å². The molecule has 0 aliphatic heterocycles. The summed E-state index contributed by atoms with van der Waals surface area (Å²) in [6.07, 6.45) is 5.67. The lowest BCUT2D eigenvalue weighted by Gasteiger charge is -2.01. The second-order valence-corrected chi connectivity index (χ2v) is 5.47. The number of benzene rings is 1. The number of aromatic nitrogens is 2. The van der Waals surface area contributed by atoms with Gasteiger partial charge in [-0.25, -0.2) is 0 Å². The summed E-state index contributed by atoms with van der Waals surface area (Å²) in [6, 6.07) is 7.86. The molecule has 0 bridgehead atoms. The van der Waals surface area contributed by atoms with Crippen LogP contribution < -0.4 is 4.74 Å². The fraction of sp³-hybridized carbons (Fsp3) is 0.294. The quantitative estimate of drug-likeness (QED) is 0.738. The topological polar surface area (TPSA) is 61.3 Å². The Hall–Kier alpha value is -2.56. The number of furan rings is 1. The molecule has 0 unspecified atom stereocenters. The zero-order valence-electron chi connectivity index (χ0n) is 12.3. The standard InChI is InChI=1S/C17H16N2O3/c1-20-13-6-2-4-11(8-13)9-15-18-17(22-19-15)16-14-7-3-5-12(14)10-21-16/h2,4,6,8,10H,3,5,7,9H2,1H3. The van der Waals surface area contributed by atoms with Crippen molar-refractivity contribution in [2.24, 2.45) is 0 Å². The van der Waals surface area contributed by atoms with Crippen LogP contribution in [0.5, 0.6) is 5.75 Å². The lowest BCUT2D eigenvalue weighted by molar-refractivity contribution is 0.408. The zero-order chi connectivity index (χ0) is 14.9. The lowest BCUT2D eigenvalue weighted by Crippen LogP contribution is -1.92. The fourth-order valence-corrected chi connectivity index (χ4v) is 2.92. The van der Waals surface area contributed by atoms with Crippen molar-refractivity contribution in [1.82, 2.24) is 10.1 Å². The molecule has 0 saturated carbocycles. The van der Waals surface area contributed by atoms with Gasteiger partial charge in [-0.1, -0.05) is 17.3 Å². The highest BCUT2D eigenvalue weighted by Crippen LogP contribution is 2.33. The predicted octanol–water partition coefficient (Wildman–Crippen LogP) is 3.42. The molecule has 2 heterocycles. The van der Waals surface area contributed by atoms with Gasteiger partial charge in [-0.05, 0) is 42.5 Å². The third-order valence-electron chi connectivity index (χ3n) is 4.01. The van der Waals surface area contributed by atoms with E-state index in [-0.39, 0.29) is 0 Å². The van der Waals surface area contributed by atoms with Crippen molar-refractivity contribution >= 4 is 0 Å². The average molecular weight is 296 g/mol. The first kappa shape index (κ1) is 13.1. The molecular weight excluding hydrogens is 280 g/mol. The van der Waals surface area contributed by atoms with E-state index in [4.69, 9.17) is 13.7 Å². The maximum atomic E-state index is 5.61. The highest BCUT2D eigenvalue weighted by atomic mass is 16.5. The number of rotatable bonds is 4. The maximum Gasteiger partial charge on any atom is 0.293 e. The summed E-state index contributed by atoms with van der Waals surface area (Å²) in [4.78, 5) is 4.47. The van der Waals surface area contributed by atoms with Gasteiger partial charge in [0.1, 0.15) is 5.75 Å². The summed E-state index contributed by atoms with van der Waals surface area (Å²) in [5, 5.41) is 4.06. The Bertz CT molecular complexity index is 804. The second kappa shape index (κ2) is 5.33. The summed E-state index contributed by atoms with van der Waals surface area (Å²) in [6.45, 7) is 0. The molecule has 5 nitrogen and oxygen atoms in total. The van der Waals surface area contributed by atoms with Gasteiger partial charge in [0.2, 0.25) is 0 Å². The smallest absolute Gasteiger partial charge is 0.293 e. The Morgan fingerprint density at radius 3 is 3.14 bits per heavy atom. The molecule has 0 N–H and O–H groups in total. The molecule has 3 aromatic rings. The third-order valence-corrected chi connectivity index (χ3v) is 4.01. The SMILES string of the molecule is COc1cccc(Cc2noc(-c3occ4c3CCC4)n2)c1. The van der Waals surface area contributed by atoms with Crippen molar-refractivity contribution in [2.45, 2.75) is 25.7 Å². The van der Waals surface area contributed by atoms with Crippen LogP contribution in [0, 0.1) is 0 Å². The number of fused-ring (bicyclic) bond motifs is 1. The van der Waals surface area contributed by atoms with Gasteiger partial charge < -0.3 is 13.7 Å². The Labute approximate surface area is 127 Å². The van der Waals surface area contributed by atoms with Crippen LogP contribution in [0.1, 0.15) is 28.9 Å². The largest absolute Gasteiger partial charge is 0.497 e. The van der Waals surface area contributed by atoms with Gasteiger partial charge in [0.15, 0.2) is 11.6 Å². The molecule has 1 aliphatic carbocycles. The Morgan fingerprint density at radius 1 is 1.27 bits per heavy atom. The molecule has 0 fully saturated rings. The lowest BCUT2D eigenvalue weighted by atomic mass is 10.1. The van der Waals surface area contributed by atoms with E-state index in [1.165, 1.54) is 17.5 Å². The third kappa shape index (κ3) is 2.28. The second-order valence-electron chi connectivity index (χ2n) is 5.47. The van der Waals surface area contributed by atoms with E-state index in [0.717, 1.165) is 29.9 Å². The van der Waals surface area contributed by atoms with Crippen molar-refractivity contribution in [1.29, 1.82) is 0 Å². The Balaban J connectivity index is 1.58. The van der Waals surface area contributed by atoms with Crippen molar-refractivity contribution in [3.63, 3.8) is 0 Å². The maximum absolute atomic E-state index is 5.61. The summed E-state index contributed by atoms with van der Waals surface area (Å²) in [5.74, 6) is 2.68. The van der Waals surface area contributed by atoms with Crippen molar-refractivity contribution in [2.75, 3.05) is 7.11 Å². The van der Waals surface area contributed by atoms with Crippen LogP contribution in [0.3, 0.4) is 0 Å². The van der Waals surface area contributed by atoms with Crippen molar-refractivity contribution in [3.05, 3.63) is 53.0 Å². The molecule has 22 heavy (non-hydrogen) atoms. The van der Waals surface area contributed by atoms with Gasteiger partial charge in [0, 0.05) is 12.0 Å². The van der Waals surface area contributed by atoms with Gasteiger partial charge >= 0.3 is 0 Å². The summed E-state index contributed by atoms with van der Waals surface area (Å²) < 4.78 is 16.2. The van der Waals surface area contributed by atoms with E-state index >= 15 is 0 Å². The van der Waals surface area contributed by atoms with Crippen molar-refractivity contribution < 1.29 is 13.7 Å². The number of nitrogens with zero attached hydrogens (tertiary/aromatic N) is 2. The van der Waals surface area contributed by atoms with Crippen LogP contribution in [0.25, 0.3) is 11.7 Å². The van der Waals surface area contributed by atoms with E-state index in [9.17, 15) is 0 Å². The first-order valence-electron chi connectivity index (χ1n) is 7.38. The van der Waals surface area contributed by atoms with E-state index in [1.54, 1.807) is 7.11 Å². The van der Waals surface area contributed by atoms with Gasteiger partial charge in [-0.15, -0.1) is 0 Å². The van der Waals surface area contributed by atoms with Crippen LogP contribution in [0.2, 0.25) is 0 Å². The van der Waals surface area contributed by atoms with E-state index in [0.29, 0.717) is 18.1 Å². The van der Waals surface area contributed by atoms with E-state index in [1.807, 2.05) is 30.5 Å². The summed E-state index contributed by atoms with van der Waals surface area (Å²) in [5.41, 5.74) is 3.57. The summed E-state index contributed by atoms with van der Waals surface area (Å²) in [7, 11) is 1.66. The average Bonchev–Trinajstić information content (AvgIpc) is 3.23. The van der Waals surface area contributed by atoms with E-state index in [2.05, 4.69) is 10.1 Å². The minimum absolute atomic E-state index is 0.473. The molecule has 1 aliphatic rings. The minimum atomic E-state index is 0.473. The first-order valence-corrected chi connectivity index (χ1v) is 7.38. The molecule has 0 atom stereocenters. The Kier molecular flexibility index (Phi) is 3.18. The van der Waals surface area contributed by atoms with Crippen LogP contribution in [0.4, 0.5) is 0 Å². The molecule has 4 rings (SSSR count). The highest BCUT2D eigenvalue weighted by Gasteiger charge is 2.23. The van der Waals surface area contributed by atoms with Crippen LogP contribution >= 0.6 is 0 Å². The first-order chi connectivity index (χ1) is 10.8. The highest BCUT2D eigenvalue weighted by molar-refractivity contribution is 5.55. The number of ether oxygens (including phenoxy) is 1. The van der Waals surface area contributed by atoms with Crippen LogP contribution in [-0.4, -0.2) is 17.3 Å².